The molecule has 8 nitrogen and oxygen atoms in total. The van der Waals surface area contributed by atoms with Gasteiger partial charge in [-0.1, -0.05) is 19.9 Å². The standard InChI is InChI=1S/C19H31N3O5S/c1-14(2)16-5-6-17(26-4)18(13-16)28(24,25)21-15(3)19(23)20-7-8-22-9-11-27-12-10-22/h5-6,13-15,21H,7-12H2,1-4H3,(H,20,23). The van der Waals surface area contributed by atoms with E-state index in [1.807, 2.05) is 19.9 Å². The van der Waals surface area contributed by atoms with E-state index in [0.29, 0.717) is 26.3 Å². The molecule has 158 valence electrons. The van der Waals surface area contributed by atoms with Crippen LogP contribution >= 0.6 is 0 Å². The molecule has 0 aromatic heterocycles. The first-order chi connectivity index (χ1) is 13.2. The molecule has 1 aliphatic heterocycles. The summed E-state index contributed by atoms with van der Waals surface area (Å²) in [6.07, 6.45) is 0. The van der Waals surface area contributed by atoms with Crippen molar-refractivity contribution >= 4 is 15.9 Å². The van der Waals surface area contributed by atoms with Crippen molar-refractivity contribution in [2.24, 2.45) is 0 Å². The summed E-state index contributed by atoms with van der Waals surface area (Å²) in [5, 5.41) is 2.78. The number of amides is 1. The molecule has 2 N–H and O–H groups in total. The number of methoxy groups -OCH3 is 1. The number of benzene rings is 1. The van der Waals surface area contributed by atoms with Crippen LogP contribution in [0.5, 0.6) is 5.75 Å². The summed E-state index contributed by atoms with van der Waals surface area (Å²) in [7, 11) is -2.49. The molecule has 1 aromatic carbocycles. The fourth-order valence-electron chi connectivity index (χ4n) is 2.93. The number of hydrogen-bond acceptors (Lipinski definition) is 6. The molecular weight excluding hydrogens is 382 g/mol. The average Bonchev–Trinajstić information content (AvgIpc) is 2.67. The summed E-state index contributed by atoms with van der Waals surface area (Å²) in [4.78, 5) is 14.5. The minimum atomic E-state index is -3.91. The molecule has 0 saturated carbocycles. The van der Waals surface area contributed by atoms with Crippen molar-refractivity contribution in [3.05, 3.63) is 23.8 Å². The smallest absolute Gasteiger partial charge is 0.244 e. The van der Waals surface area contributed by atoms with Gasteiger partial charge in [-0.05, 0) is 30.5 Å². The number of carbonyl (C=O) groups is 1. The fraction of sp³-hybridized carbons (Fsp3) is 0.632. The van der Waals surface area contributed by atoms with E-state index in [-0.39, 0.29) is 22.5 Å². The van der Waals surface area contributed by atoms with Crippen molar-refractivity contribution in [2.45, 2.75) is 37.6 Å². The second-order valence-electron chi connectivity index (χ2n) is 7.15. The van der Waals surface area contributed by atoms with Gasteiger partial charge in [0.15, 0.2) is 0 Å². The summed E-state index contributed by atoms with van der Waals surface area (Å²) in [6.45, 7) is 9.72. The molecule has 1 fully saturated rings. The Morgan fingerprint density at radius 3 is 2.54 bits per heavy atom. The summed E-state index contributed by atoms with van der Waals surface area (Å²) in [5.41, 5.74) is 0.879. The van der Waals surface area contributed by atoms with Gasteiger partial charge >= 0.3 is 0 Å². The van der Waals surface area contributed by atoms with Gasteiger partial charge in [-0.2, -0.15) is 4.72 Å². The van der Waals surface area contributed by atoms with Crippen LogP contribution in [0.4, 0.5) is 0 Å². The zero-order chi connectivity index (χ0) is 20.7. The summed E-state index contributed by atoms with van der Waals surface area (Å²) >= 11 is 0. The minimum absolute atomic E-state index is 0.0363. The van der Waals surface area contributed by atoms with Crippen LogP contribution in [-0.2, 0) is 19.6 Å². The third-order valence-corrected chi connectivity index (χ3v) is 6.26. The quantitative estimate of drug-likeness (QED) is 0.625. The van der Waals surface area contributed by atoms with Crippen molar-refractivity contribution in [3.8, 4) is 5.75 Å². The van der Waals surface area contributed by atoms with Gasteiger partial charge in [-0.15, -0.1) is 0 Å². The van der Waals surface area contributed by atoms with Gasteiger partial charge in [0.25, 0.3) is 0 Å². The zero-order valence-corrected chi connectivity index (χ0v) is 17.8. The first-order valence-electron chi connectivity index (χ1n) is 9.52. The Labute approximate surface area is 167 Å². The molecule has 0 aliphatic carbocycles. The number of sulfonamides is 1. The van der Waals surface area contributed by atoms with E-state index in [0.717, 1.165) is 18.7 Å². The van der Waals surface area contributed by atoms with Gasteiger partial charge in [-0.25, -0.2) is 8.42 Å². The topological polar surface area (TPSA) is 97.0 Å². The molecule has 0 radical (unpaired) electrons. The van der Waals surface area contributed by atoms with Crippen LogP contribution in [0.2, 0.25) is 0 Å². The molecule has 1 saturated heterocycles. The second-order valence-corrected chi connectivity index (χ2v) is 8.84. The molecule has 1 heterocycles. The minimum Gasteiger partial charge on any atom is -0.495 e. The molecular formula is C19H31N3O5S. The Bertz CT molecular complexity index is 761. The molecule has 1 aliphatic rings. The lowest BCUT2D eigenvalue weighted by molar-refractivity contribution is -0.122. The number of nitrogens with zero attached hydrogens (tertiary/aromatic N) is 1. The summed E-state index contributed by atoms with van der Waals surface area (Å²) in [5.74, 6) is 0.0495. The van der Waals surface area contributed by atoms with E-state index < -0.39 is 16.1 Å². The fourth-order valence-corrected chi connectivity index (χ4v) is 4.33. The predicted molar refractivity (Wildman–Crippen MR) is 107 cm³/mol. The highest BCUT2D eigenvalue weighted by Gasteiger charge is 2.25. The SMILES string of the molecule is COc1ccc(C(C)C)cc1S(=O)(=O)NC(C)C(=O)NCCN1CCOCC1. The second kappa shape index (κ2) is 10.2. The number of carbonyl (C=O) groups excluding carboxylic acids is 1. The lowest BCUT2D eigenvalue weighted by Gasteiger charge is -2.26. The molecule has 9 heteroatoms. The Morgan fingerprint density at radius 2 is 1.93 bits per heavy atom. The van der Waals surface area contributed by atoms with Crippen LogP contribution in [0.15, 0.2) is 23.1 Å². The van der Waals surface area contributed by atoms with Gasteiger partial charge in [0, 0.05) is 26.2 Å². The third kappa shape index (κ3) is 6.16. The lowest BCUT2D eigenvalue weighted by atomic mass is 10.0. The molecule has 1 atom stereocenters. The number of rotatable bonds is 9. The van der Waals surface area contributed by atoms with E-state index in [1.54, 1.807) is 12.1 Å². The molecule has 28 heavy (non-hydrogen) atoms. The maximum atomic E-state index is 12.8. The van der Waals surface area contributed by atoms with Gasteiger partial charge in [0.05, 0.1) is 26.4 Å². The van der Waals surface area contributed by atoms with E-state index >= 15 is 0 Å². The van der Waals surface area contributed by atoms with Crippen LogP contribution < -0.4 is 14.8 Å². The Kier molecular flexibility index (Phi) is 8.23. The normalized spacial score (nSPS) is 16.8. The van der Waals surface area contributed by atoms with Crippen molar-refractivity contribution in [2.75, 3.05) is 46.5 Å². The average molecular weight is 414 g/mol. The van der Waals surface area contributed by atoms with E-state index in [9.17, 15) is 13.2 Å². The van der Waals surface area contributed by atoms with Gasteiger partial charge in [0.2, 0.25) is 15.9 Å². The van der Waals surface area contributed by atoms with Crippen molar-refractivity contribution in [3.63, 3.8) is 0 Å². The number of nitrogens with one attached hydrogen (secondary N) is 2. The molecule has 0 bridgehead atoms. The zero-order valence-electron chi connectivity index (χ0n) is 17.0. The monoisotopic (exact) mass is 413 g/mol. The molecule has 1 amide bonds. The third-order valence-electron chi connectivity index (χ3n) is 4.70. The number of morpholine rings is 1. The number of ether oxygens (including phenoxy) is 2. The molecule has 0 spiro atoms. The Morgan fingerprint density at radius 1 is 1.25 bits per heavy atom. The highest BCUT2D eigenvalue weighted by atomic mass is 32.2. The van der Waals surface area contributed by atoms with Gasteiger partial charge in [-0.3, -0.25) is 9.69 Å². The Balaban J connectivity index is 1.98. The van der Waals surface area contributed by atoms with Gasteiger partial charge < -0.3 is 14.8 Å². The summed E-state index contributed by atoms with van der Waals surface area (Å²) < 4.78 is 38.6. The molecule has 2 rings (SSSR count). The van der Waals surface area contributed by atoms with Crippen LogP contribution in [0, 0.1) is 0 Å². The van der Waals surface area contributed by atoms with E-state index in [1.165, 1.54) is 14.0 Å². The largest absolute Gasteiger partial charge is 0.495 e. The first-order valence-corrected chi connectivity index (χ1v) is 11.0. The van der Waals surface area contributed by atoms with Crippen LogP contribution in [-0.4, -0.2) is 71.8 Å². The first kappa shape index (κ1) is 22.6. The van der Waals surface area contributed by atoms with Crippen LogP contribution in [0.3, 0.4) is 0 Å². The molecule has 1 aromatic rings. The van der Waals surface area contributed by atoms with Crippen molar-refractivity contribution in [1.29, 1.82) is 0 Å². The van der Waals surface area contributed by atoms with E-state index in [2.05, 4.69) is 14.9 Å². The highest BCUT2D eigenvalue weighted by molar-refractivity contribution is 7.89. The lowest BCUT2D eigenvalue weighted by Crippen LogP contribution is -2.47. The van der Waals surface area contributed by atoms with Crippen molar-refractivity contribution in [1.82, 2.24) is 14.9 Å². The van der Waals surface area contributed by atoms with Gasteiger partial charge in [0.1, 0.15) is 10.6 Å². The number of hydrogen-bond donors (Lipinski definition) is 2. The maximum Gasteiger partial charge on any atom is 0.244 e. The Hall–Kier alpha value is -1.68. The van der Waals surface area contributed by atoms with Crippen molar-refractivity contribution < 1.29 is 22.7 Å². The predicted octanol–water partition coefficient (Wildman–Crippen LogP) is 0.934. The maximum absolute atomic E-state index is 12.8. The molecule has 1 unspecified atom stereocenters. The highest BCUT2D eigenvalue weighted by Crippen LogP contribution is 2.28. The van der Waals surface area contributed by atoms with E-state index in [4.69, 9.17) is 9.47 Å². The van der Waals surface area contributed by atoms with Crippen LogP contribution in [0.1, 0.15) is 32.3 Å². The summed E-state index contributed by atoms with van der Waals surface area (Å²) in [6, 6.07) is 4.16. The van der Waals surface area contributed by atoms with Crippen LogP contribution in [0.25, 0.3) is 0 Å².